The van der Waals surface area contributed by atoms with Gasteiger partial charge >= 0.3 is 0 Å². The summed E-state index contributed by atoms with van der Waals surface area (Å²) in [5.74, 6) is 0.404. The Bertz CT molecular complexity index is 1180. The van der Waals surface area contributed by atoms with Gasteiger partial charge in [0.2, 0.25) is 0 Å². The molecule has 1 aromatic heterocycles. The number of carbonyl (C=O) groups excluding carboxylic acids is 2. The number of ketones is 2. The van der Waals surface area contributed by atoms with Crippen molar-refractivity contribution in [2.45, 2.75) is 52.4 Å². The summed E-state index contributed by atoms with van der Waals surface area (Å²) in [5.41, 5.74) is 3.86. The van der Waals surface area contributed by atoms with Crippen LogP contribution in [0.5, 0.6) is 0 Å². The standard InChI is InChI=1S/C27H28N2O2S2/c1-16(2)17-7-9-18(10-8-17)22(31)15-33-26-19(14-28)24(23-6-5-11-32-23)25-20(29-26)12-27(3,4)13-21(25)30/h5-11,16,24,29H,12-13,15H2,1-4H3/t24-/m0/s1. The topological polar surface area (TPSA) is 70.0 Å². The summed E-state index contributed by atoms with van der Waals surface area (Å²) >= 11 is 2.91. The maximum atomic E-state index is 13.2. The number of nitriles is 1. The Morgan fingerprint density at radius 2 is 1.97 bits per heavy atom. The third-order valence-electron chi connectivity index (χ3n) is 6.20. The van der Waals surface area contributed by atoms with E-state index in [1.165, 1.54) is 17.3 Å². The van der Waals surface area contributed by atoms with Crippen molar-refractivity contribution in [3.63, 3.8) is 0 Å². The van der Waals surface area contributed by atoms with Crippen LogP contribution >= 0.6 is 23.1 Å². The number of nitrogens with one attached hydrogen (secondary N) is 1. The van der Waals surface area contributed by atoms with Gasteiger partial charge in [-0.15, -0.1) is 11.3 Å². The quantitative estimate of drug-likeness (QED) is 0.479. The molecule has 2 aromatic rings. The Morgan fingerprint density at radius 1 is 1.24 bits per heavy atom. The highest BCUT2D eigenvalue weighted by Gasteiger charge is 2.42. The van der Waals surface area contributed by atoms with Gasteiger partial charge in [-0.1, -0.05) is 69.8 Å². The number of hydrogen-bond acceptors (Lipinski definition) is 6. The van der Waals surface area contributed by atoms with Gasteiger partial charge in [-0.05, 0) is 34.8 Å². The first kappa shape index (κ1) is 23.5. The molecule has 4 nitrogen and oxygen atoms in total. The summed E-state index contributed by atoms with van der Waals surface area (Å²) in [4.78, 5) is 27.0. The van der Waals surface area contributed by atoms with E-state index in [1.807, 2.05) is 41.8 Å². The molecule has 2 aliphatic rings. The summed E-state index contributed by atoms with van der Waals surface area (Å²) in [6.45, 7) is 8.44. The summed E-state index contributed by atoms with van der Waals surface area (Å²) in [7, 11) is 0. The van der Waals surface area contributed by atoms with Crippen molar-refractivity contribution in [2.75, 3.05) is 5.75 Å². The van der Waals surface area contributed by atoms with E-state index < -0.39 is 0 Å². The van der Waals surface area contributed by atoms with E-state index in [0.29, 0.717) is 34.1 Å². The third kappa shape index (κ3) is 4.85. The largest absolute Gasteiger partial charge is 0.352 e. The van der Waals surface area contributed by atoms with Crippen LogP contribution in [0.25, 0.3) is 0 Å². The lowest BCUT2D eigenvalue weighted by molar-refractivity contribution is -0.118. The highest BCUT2D eigenvalue weighted by atomic mass is 32.2. The first-order valence-electron chi connectivity index (χ1n) is 11.2. The highest BCUT2D eigenvalue weighted by Crippen LogP contribution is 2.48. The van der Waals surface area contributed by atoms with Gasteiger partial charge in [0.15, 0.2) is 11.6 Å². The van der Waals surface area contributed by atoms with Crippen LogP contribution in [0.3, 0.4) is 0 Å². The number of benzene rings is 1. The molecular formula is C27H28N2O2S2. The average Bonchev–Trinajstić information content (AvgIpc) is 3.30. The fraction of sp³-hybridized carbons (Fsp3) is 0.370. The van der Waals surface area contributed by atoms with Crippen molar-refractivity contribution in [2.24, 2.45) is 5.41 Å². The number of dihydropyridines is 1. The Kier molecular flexibility index (Phi) is 6.65. The van der Waals surface area contributed by atoms with Crippen molar-refractivity contribution in [3.8, 4) is 6.07 Å². The molecule has 1 aromatic carbocycles. The average molecular weight is 477 g/mol. The van der Waals surface area contributed by atoms with Crippen molar-refractivity contribution < 1.29 is 9.59 Å². The van der Waals surface area contributed by atoms with Gasteiger partial charge in [0.05, 0.1) is 28.3 Å². The van der Waals surface area contributed by atoms with Crippen LogP contribution in [0, 0.1) is 16.7 Å². The maximum absolute atomic E-state index is 13.2. The molecule has 4 rings (SSSR count). The van der Waals surface area contributed by atoms with Crippen molar-refractivity contribution in [1.29, 1.82) is 5.26 Å². The SMILES string of the molecule is CC(C)c1ccc(C(=O)CSC2=C(C#N)[C@@H](c3cccs3)C3=C(CC(C)(C)CC3=O)N2)cc1. The van der Waals surface area contributed by atoms with Gasteiger partial charge in [0, 0.05) is 28.1 Å². The van der Waals surface area contributed by atoms with E-state index in [0.717, 1.165) is 17.0 Å². The first-order chi connectivity index (χ1) is 15.7. The van der Waals surface area contributed by atoms with E-state index in [1.54, 1.807) is 11.3 Å². The number of allylic oxidation sites excluding steroid dienone is 3. The molecule has 1 N–H and O–H groups in total. The Labute approximate surface area is 203 Å². The molecule has 2 heterocycles. The third-order valence-corrected chi connectivity index (χ3v) is 8.16. The van der Waals surface area contributed by atoms with E-state index in [2.05, 4.69) is 39.1 Å². The molecule has 1 aliphatic carbocycles. The number of hydrogen-bond donors (Lipinski definition) is 1. The number of rotatable bonds is 6. The Balaban J connectivity index is 1.63. The summed E-state index contributed by atoms with van der Waals surface area (Å²) < 4.78 is 0. The number of thioether (sulfide) groups is 1. The highest BCUT2D eigenvalue weighted by molar-refractivity contribution is 8.03. The molecule has 1 aliphatic heterocycles. The summed E-state index contributed by atoms with van der Waals surface area (Å²) in [6, 6.07) is 14.0. The fourth-order valence-corrected chi connectivity index (χ4v) is 6.30. The van der Waals surface area contributed by atoms with Gasteiger partial charge in [-0.2, -0.15) is 5.26 Å². The Hall–Kier alpha value is -2.62. The van der Waals surface area contributed by atoms with Gasteiger partial charge in [-0.3, -0.25) is 9.59 Å². The van der Waals surface area contributed by atoms with Crippen LogP contribution in [0.1, 0.15) is 73.2 Å². The molecule has 33 heavy (non-hydrogen) atoms. The minimum atomic E-state index is -0.363. The second kappa shape index (κ2) is 9.32. The van der Waals surface area contributed by atoms with Crippen molar-refractivity contribution in [3.05, 3.63) is 79.7 Å². The van der Waals surface area contributed by atoms with Gasteiger partial charge in [0.1, 0.15) is 0 Å². The molecular weight excluding hydrogens is 448 g/mol. The van der Waals surface area contributed by atoms with E-state index in [4.69, 9.17) is 0 Å². The molecule has 0 saturated heterocycles. The monoisotopic (exact) mass is 476 g/mol. The van der Waals surface area contributed by atoms with Crippen LogP contribution in [0.2, 0.25) is 0 Å². The lowest BCUT2D eigenvalue weighted by atomic mass is 9.70. The maximum Gasteiger partial charge on any atom is 0.173 e. The second-order valence-corrected chi connectivity index (χ2v) is 11.7. The molecule has 6 heteroatoms. The molecule has 0 amide bonds. The van der Waals surface area contributed by atoms with Crippen LogP contribution < -0.4 is 5.32 Å². The molecule has 1 atom stereocenters. The van der Waals surface area contributed by atoms with Crippen LogP contribution in [0.15, 0.2) is 63.7 Å². The van der Waals surface area contributed by atoms with Gasteiger partial charge in [0.25, 0.3) is 0 Å². The van der Waals surface area contributed by atoms with Gasteiger partial charge < -0.3 is 5.32 Å². The molecule has 0 unspecified atom stereocenters. The zero-order chi connectivity index (χ0) is 23.8. The van der Waals surface area contributed by atoms with E-state index in [9.17, 15) is 14.9 Å². The minimum absolute atomic E-state index is 0.0226. The lowest BCUT2D eigenvalue weighted by Crippen LogP contribution is -2.36. The second-order valence-electron chi connectivity index (χ2n) is 9.75. The smallest absolute Gasteiger partial charge is 0.173 e. The van der Waals surface area contributed by atoms with E-state index in [-0.39, 0.29) is 28.7 Å². The van der Waals surface area contributed by atoms with Crippen molar-refractivity contribution >= 4 is 34.7 Å². The number of carbonyl (C=O) groups is 2. The zero-order valence-corrected chi connectivity index (χ0v) is 21.0. The molecule has 170 valence electrons. The number of nitrogens with zero attached hydrogens (tertiary/aromatic N) is 1. The summed E-state index contributed by atoms with van der Waals surface area (Å²) in [5, 5.41) is 16.2. The molecule has 0 fully saturated rings. The Morgan fingerprint density at radius 3 is 2.58 bits per heavy atom. The predicted octanol–water partition coefficient (Wildman–Crippen LogP) is 6.55. The van der Waals surface area contributed by atoms with E-state index >= 15 is 0 Å². The number of thiophene rings is 1. The number of Topliss-reactive ketones (excluding diaryl/α,β-unsaturated/α-hetero) is 2. The first-order valence-corrected chi connectivity index (χ1v) is 13.0. The molecule has 0 bridgehead atoms. The van der Waals surface area contributed by atoms with Crippen LogP contribution in [-0.4, -0.2) is 17.3 Å². The summed E-state index contributed by atoms with van der Waals surface area (Å²) in [6.07, 6.45) is 1.21. The van der Waals surface area contributed by atoms with Crippen LogP contribution in [-0.2, 0) is 4.79 Å². The predicted molar refractivity (Wildman–Crippen MR) is 135 cm³/mol. The minimum Gasteiger partial charge on any atom is -0.352 e. The normalized spacial score (nSPS) is 19.9. The molecule has 0 spiro atoms. The van der Waals surface area contributed by atoms with Gasteiger partial charge in [-0.25, -0.2) is 0 Å². The fourth-order valence-electron chi connectivity index (χ4n) is 4.51. The lowest BCUT2D eigenvalue weighted by Gasteiger charge is -2.38. The molecule has 0 saturated carbocycles. The van der Waals surface area contributed by atoms with Crippen LogP contribution in [0.4, 0.5) is 0 Å². The molecule has 0 radical (unpaired) electrons. The zero-order valence-electron chi connectivity index (χ0n) is 19.4. The van der Waals surface area contributed by atoms with Crippen molar-refractivity contribution in [1.82, 2.24) is 5.32 Å².